The molecule has 2 heterocycles. The Morgan fingerprint density at radius 3 is 2.68 bits per heavy atom. The predicted molar refractivity (Wildman–Crippen MR) is 78.3 cm³/mol. The lowest BCUT2D eigenvalue weighted by atomic mass is 10.2. The Hall–Kier alpha value is -1.06. The molecule has 2 aliphatic heterocycles. The summed E-state index contributed by atoms with van der Waals surface area (Å²) < 4.78 is 0. The van der Waals surface area contributed by atoms with E-state index in [0.717, 1.165) is 25.1 Å². The molecule has 0 amide bonds. The van der Waals surface area contributed by atoms with Crippen LogP contribution in [0.15, 0.2) is 18.2 Å². The maximum atomic E-state index is 10.7. The van der Waals surface area contributed by atoms with Gasteiger partial charge in [-0.15, -0.1) is 0 Å². The minimum absolute atomic E-state index is 0.643. The largest absolute Gasteiger partial charge is 0.369 e. The van der Waals surface area contributed by atoms with Crippen LogP contribution in [0, 0.1) is 0 Å². The summed E-state index contributed by atoms with van der Waals surface area (Å²) in [6, 6.07) is 6.24. The Morgan fingerprint density at radius 2 is 2.00 bits per heavy atom. The summed E-state index contributed by atoms with van der Waals surface area (Å²) in [6.45, 7) is 4.61. The number of halogens is 1. The molecule has 0 N–H and O–H groups in total. The maximum Gasteiger partial charge on any atom is 0.150 e. The summed E-state index contributed by atoms with van der Waals surface area (Å²) in [6.07, 6.45) is 4.73. The number of aldehydes is 1. The molecule has 3 nitrogen and oxygen atoms in total. The van der Waals surface area contributed by atoms with Crippen LogP contribution in [-0.2, 0) is 0 Å². The van der Waals surface area contributed by atoms with Crippen molar-refractivity contribution in [3.05, 3.63) is 28.8 Å². The zero-order valence-electron chi connectivity index (χ0n) is 11.0. The first-order valence-electron chi connectivity index (χ1n) is 7.01. The molecule has 0 aliphatic carbocycles. The quantitative estimate of drug-likeness (QED) is 0.795. The second-order valence-electron chi connectivity index (χ2n) is 5.46. The van der Waals surface area contributed by atoms with Gasteiger partial charge in [-0.3, -0.25) is 9.69 Å². The Balaban J connectivity index is 1.71. The molecule has 2 aliphatic rings. The average molecular weight is 279 g/mol. The lowest BCUT2D eigenvalue weighted by Crippen LogP contribution is -2.35. The number of hydrogen-bond donors (Lipinski definition) is 0. The molecule has 1 aromatic carbocycles. The van der Waals surface area contributed by atoms with Gasteiger partial charge in [-0.2, -0.15) is 0 Å². The summed E-state index contributed by atoms with van der Waals surface area (Å²) in [7, 11) is 0. The van der Waals surface area contributed by atoms with Gasteiger partial charge in [-0.25, -0.2) is 0 Å². The highest BCUT2D eigenvalue weighted by Gasteiger charge is 2.29. The first kappa shape index (κ1) is 12.9. The van der Waals surface area contributed by atoms with E-state index < -0.39 is 0 Å². The van der Waals surface area contributed by atoms with Crippen LogP contribution < -0.4 is 4.90 Å². The van der Waals surface area contributed by atoms with Crippen molar-refractivity contribution in [3.63, 3.8) is 0 Å². The van der Waals surface area contributed by atoms with E-state index in [0.29, 0.717) is 16.6 Å². The molecule has 2 saturated heterocycles. The number of carbonyl (C=O) groups excluding carboxylic acids is 1. The lowest BCUT2D eigenvalue weighted by molar-refractivity contribution is 0.112. The second kappa shape index (κ2) is 5.51. The van der Waals surface area contributed by atoms with Gasteiger partial charge in [0.1, 0.15) is 6.29 Å². The number of carbonyl (C=O) groups is 1. The number of nitrogens with zero attached hydrogens (tertiary/aromatic N) is 2. The minimum atomic E-state index is 0.643. The molecule has 1 unspecified atom stereocenters. The number of rotatable bonds is 3. The Labute approximate surface area is 119 Å². The van der Waals surface area contributed by atoms with E-state index in [-0.39, 0.29) is 0 Å². The van der Waals surface area contributed by atoms with Crippen LogP contribution in [0.2, 0.25) is 5.02 Å². The fourth-order valence-corrected chi connectivity index (χ4v) is 3.53. The molecule has 1 aromatic rings. The Bertz CT molecular complexity index is 471. The highest BCUT2D eigenvalue weighted by Crippen LogP contribution is 2.31. The van der Waals surface area contributed by atoms with Gasteiger partial charge in [0.05, 0.1) is 10.7 Å². The molecule has 19 heavy (non-hydrogen) atoms. The SMILES string of the molecule is O=Cc1ccc(N2CCC(N3CCCC3)C2)c(Cl)c1. The molecular weight excluding hydrogens is 260 g/mol. The smallest absolute Gasteiger partial charge is 0.150 e. The lowest BCUT2D eigenvalue weighted by Gasteiger charge is -2.25. The molecule has 0 spiro atoms. The van der Waals surface area contributed by atoms with Crippen molar-refractivity contribution in [3.8, 4) is 0 Å². The van der Waals surface area contributed by atoms with Crippen molar-refractivity contribution in [1.29, 1.82) is 0 Å². The van der Waals surface area contributed by atoms with Gasteiger partial charge in [0.2, 0.25) is 0 Å². The third-order valence-corrected chi connectivity index (χ3v) is 4.57. The molecule has 3 rings (SSSR count). The highest BCUT2D eigenvalue weighted by atomic mass is 35.5. The molecule has 0 bridgehead atoms. The fraction of sp³-hybridized carbons (Fsp3) is 0.533. The average Bonchev–Trinajstić information content (AvgIpc) is 3.09. The summed E-state index contributed by atoms with van der Waals surface area (Å²) >= 11 is 6.28. The molecule has 0 aromatic heterocycles. The van der Waals surface area contributed by atoms with Crippen LogP contribution >= 0.6 is 11.6 Å². The van der Waals surface area contributed by atoms with E-state index in [1.165, 1.54) is 32.4 Å². The van der Waals surface area contributed by atoms with E-state index in [9.17, 15) is 4.79 Å². The fourth-order valence-electron chi connectivity index (χ4n) is 3.22. The molecule has 0 saturated carbocycles. The van der Waals surface area contributed by atoms with E-state index >= 15 is 0 Å². The van der Waals surface area contributed by atoms with Gasteiger partial charge in [0, 0.05) is 24.7 Å². The monoisotopic (exact) mass is 278 g/mol. The van der Waals surface area contributed by atoms with Gasteiger partial charge >= 0.3 is 0 Å². The summed E-state index contributed by atoms with van der Waals surface area (Å²) in [5.74, 6) is 0. The summed E-state index contributed by atoms with van der Waals surface area (Å²) in [5, 5.41) is 0.687. The maximum absolute atomic E-state index is 10.7. The molecule has 0 radical (unpaired) electrons. The van der Waals surface area contributed by atoms with Crippen LogP contribution in [0.1, 0.15) is 29.6 Å². The topological polar surface area (TPSA) is 23.6 Å². The van der Waals surface area contributed by atoms with Gasteiger partial charge in [-0.1, -0.05) is 11.6 Å². The van der Waals surface area contributed by atoms with Crippen molar-refractivity contribution in [2.75, 3.05) is 31.1 Å². The van der Waals surface area contributed by atoms with E-state index in [4.69, 9.17) is 11.6 Å². The predicted octanol–water partition coefficient (Wildman–Crippen LogP) is 2.83. The number of hydrogen-bond acceptors (Lipinski definition) is 3. The number of benzene rings is 1. The molecule has 2 fully saturated rings. The first-order valence-corrected chi connectivity index (χ1v) is 7.39. The standard InChI is InChI=1S/C15H19ClN2O/c16-14-9-12(11-19)3-4-15(14)18-8-5-13(10-18)17-6-1-2-7-17/h3-4,9,11,13H,1-2,5-8,10H2. The van der Waals surface area contributed by atoms with Crippen molar-refractivity contribution in [2.24, 2.45) is 0 Å². The van der Waals surface area contributed by atoms with Crippen LogP contribution in [0.5, 0.6) is 0 Å². The zero-order valence-corrected chi connectivity index (χ0v) is 11.8. The van der Waals surface area contributed by atoms with E-state index in [1.54, 1.807) is 6.07 Å². The summed E-state index contributed by atoms with van der Waals surface area (Å²) in [4.78, 5) is 15.7. The molecule has 102 valence electrons. The summed E-state index contributed by atoms with van der Waals surface area (Å²) in [5.41, 5.74) is 1.71. The first-order chi connectivity index (χ1) is 9.28. The van der Waals surface area contributed by atoms with E-state index in [1.807, 2.05) is 12.1 Å². The van der Waals surface area contributed by atoms with Gasteiger partial charge < -0.3 is 4.90 Å². The van der Waals surface area contributed by atoms with Crippen LogP contribution in [-0.4, -0.2) is 43.4 Å². The normalized spacial score (nSPS) is 24.1. The van der Waals surface area contributed by atoms with Crippen molar-refractivity contribution in [2.45, 2.75) is 25.3 Å². The molecule has 1 atom stereocenters. The molecular formula is C15H19ClN2O. The highest BCUT2D eigenvalue weighted by molar-refractivity contribution is 6.33. The van der Waals surface area contributed by atoms with Crippen molar-refractivity contribution < 1.29 is 4.79 Å². The van der Waals surface area contributed by atoms with Gasteiger partial charge in [-0.05, 0) is 50.6 Å². The second-order valence-corrected chi connectivity index (χ2v) is 5.87. The van der Waals surface area contributed by atoms with Crippen LogP contribution in [0.3, 0.4) is 0 Å². The number of anilines is 1. The van der Waals surface area contributed by atoms with Crippen LogP contribution in [0.4, 0.5) is 5.69 Å². The Kier molecular flexibility index (Phi) is 3.76. The number of likely N-dealkylation sites (tertiary alicyclic amines) is 1. The van der Waals surface area contributed by atoms with Gasteiger partial charge in [0.25, 0.3) is 0 Å². The van der Waals surface area contributed by atoms with Crippen molar-refractivity contribution >= 4 is 23.6 Å². The van der Waals surface area contributed by atoms with Crippen molar-refractivity contribution in [1.82, 2.24) is 4.90 Å². The third kappa shape index (κ3) is 2.63. The van der Waals surface area contributed by atoms with Gasteiger partial charge in [0.15, 0.2) is 0 Å². The van der Waals surface area contributed by atoms with Crippen LogP contribution in [0.25, 0.3) is 0 Å². The zero-order chi connectivity index (χ0) is 13.2. The molecule has 4 heteroatoms. The third-order valence-electron chi connectivity index (χ3n) is 4.27. The minimum Gasteiger partial charge on any atom is -0.369 e. The Morgan fingerprint density at radius 1 is 1.21 bits per heavy atom. The van der Waals surface area contributed by atoms with E-state index in [2.05, 4.69) is 9.80 Å².